The van der Waals surface area contributed by atoms with Crippen LogP contribution in [0.4, 0.5) is 0 Å². The van der Waals surface area contributed by atoms with Crippen LogP contribution in [0.1, 0.15) is 0 Å². The van der Waals surface area contributed by atoms with Crippen molar-refractivity contribution in [2.45, 2.75) is 0 Å². The van der Waals surface area contributed by atoms with Crippen molar-refractivity contribution in [3.63, 3.8) is 0 Å². The summed E-state index contributed by atoms with van der Waals surface area (Å²) in [6.07, 6.45) is 0. The molecule has 0 aromatic rings. The van der Waals surface area contributed by atoms with Gasteiger partial charge in [0.2, 0.25) is 0 Å². The maximum atomic E-state index is 0. The zero-order valence-electron chi connectivity index (χ0n) is 2.54. The van der Waals surface area contributed by atoms with Crippen molar-refractivity contribution in [3.05, 3.63) is 0 Å². The fraction of sp³-hybridized carbons (Fsp3) is 0. The minimum Gasteiger partial charge on any atom is -0.147 e. The summed E-state index contributed by atoms with van der Waals surface area (Å²) in [5.41, 5.74) is 0. The smallest absolute Gasteiger partial charge is 0 e. The van der Waals surface area contributed by atoms with Crippen LogP contribution in [-0.4, -0.2) is 0 Å². The van der Waals surface area contributed by atoms with Gasteiger partial charge in [0.05, 0.1) is 0 Å². The maximum absolute atomic E-state index is 0. The molecule has 44 valence electrons. The molecule has 6 heavy (non-hydrogen) atoms. The molecule has 0 aromatic carbocycles. The molecule has 0 saturated heterocycles. The Bertz CT molecular complexity index is 3.90. The number of hydrogen-bond donors (Lipinski definition) is 0. The van der Waals surface area contributed by atoms with Crippen LogP contribution in [0.25, 0.3) is 0 Å². The zero-order chi connectivity index (χ0) is 0. The third-order valence-corrected chi connectivity index (χ3v) is 0. The van der Waals surface area contributed by atoms with Crippen molar-refractivity contribution in [3.8, 4) is 0 Å². The summed E-state index contributed by atoms with van der Waals surface area (Å²) < 4.78 is 0. The van der Waals surface area contributed by atoms with Gasteiger partial charge in [0.1, 0.15) is 0 Å². The molecular weight excluding hydrogens is 268 g/mol. The normalized spacial score (nSPS) is 0. The van der Waals surface area contributed by atoms with Gasteiger partial charge in [0, 0.05) is 26.2 Å². The van der Waals surface area contributed by atoms with E-state index in [-0.39, 0.29) is 88.2 Å². The monoisotopic (exact) mass is 270 g/mol. The Balaban J connectivity index is 0. The Kier molecular flexibility index (Phi) is 741. The van der Waals surface area contributed by atoms with Crippen LogP contribution in [-0.2, 0) is 26.2 Å². The van der Waals surface area contributed by atoms with Gasteiger partial charge in [-0.05, 0) is 0 Å². The average molecular weight is 274 g/mol. The second kappa shape index (κ2) is 54.0. The summed E-state index contributed by atoms with van der Waals surface area (Å²) in [6.45, 7) is 0. The summed E-state index contributed by atoms with van der Waals surface area (Å²) in [6, 6.07) is 0. The molecule has 0 nitrogen and oxygen atoms in total. The number of halogens is 5. The van der Waals surface area contributed by atoms with Crippen LogP contribution in [0.15, 0.2) is 0 Å². The summed E-state index contributed by atoms with van der Waals surface area (Å²) in [5.74, 6) is 0. The van der Waals surface area contributed by atoms with E-state index in [0.717, 1.165) is 0 Å². The van der Waals surface area contributed by atoms with Gasteiger partial charge in [-0.2, -0.15) is 0 Å². The minimum absolute atomic E-state index is 0. The molecule has 0 heterocycles. The van der Waals surface area contributed by atoms with Gasteiger partial charge < -0.3 is 0 Å². The van der Waals surface area contributed by atoms with Crippen LogP contribution in [0, 0.1) is 0 Å². The largest absolute Gasteiger partial charge is 0.147 e. The molecule has 0 aliphatic heterocycles. The molecule has 0 bridgehead atoms. The van der Waals surface area contributed by atoms with Crippen LogP contribution >= 0.6 is 62.0 Å². The molecular formula is H5Cl5Zr. The first-order chi connectivity index (χ1) is 0. The van der Waals surface area contributed by atoms with Crippen LogP contribution in [0.2, 0.25) is 0 Å². The molecule has 0 radical (unpaired) electrons. The van der Waals surface area contributed by atoms with E-state index in [2.05, 4.69) is 0 Å². The molecule has 0 fully saturated rings. The van der Waals surface area contributed by atoms with Gasteiger partial charge >= 0.3 is 0 Å². The second-order valence-corrected chi connectivity index (χ2v) is 0. The van der Waals surface area contributed by atoms with Crippen molar-refractivity contribution < 1.29 is 26.2 Å². The first kappa shape index (κ1) is 82.3. The Morgan fingerprint density at radius 2 is 0.333 bits per heavy atom. The Hall–Kier alpha value is 2.33. The Labute approximate surface area is 87.4 Å². The number of rotatable bonds is 0. The molecule has 6 heteroatoms. The van der Waals surface area contributed by atoms with E-state index in [1.165, 1.54) is 0 Å². The van der Waals surface area contributed by atoms with Crippen LogP contribution < -0.4 is 0 Å². The van der Waals surface area contributed by atoms with Crippen molar-refractivity contribution in [2.75, 3.05) is 0 Å². The van der Waals surface area contributed by atoms with Gasteiger partial charge in [0.25, 0.3) is 0 Å². The predicted molar refractivity (Wildman–Crippen MR) is 36.2 cm³/mol. The van der Waals surface area contributed by atoms with Crippen molar-refractivity contribution in [1.82, 2.24) is 0 Å². The van der Waals surface area contributed by atoms with Crippen LogP contribution in [0.3, 0.4) is 0 Å². The van der Waals surface area contributed by atoms with E-state index >= 15 is 0 Å². The maximum Gasteiger partial charge on any atom is 0 e. The van der Waals surface area contributed by atoms with Crippen molar-refractivity contribution in [2.24, 2.45) is 0 Å². The quantitative estimate of drug-likeness (QED) is 0.634. The number of hydrogen-bond acceptors (Lipinski definition) is 0. The first-order valence-corrected chi connectivity index (χ1v) is 0. The summed E-state index contributed by atoms with van der Waals surface area (Å²) in [7, 11) is 0. The van der Waals surface area contributed by atoms with E-state index in [1.54, 1.807) is 0 Å². The fourth-order valence-corrected chi connectivity index (χ4v) is 0. The predicted octanol–water partition coefficient (Wildman–Crippen LogP) is 2.11. The molecule has 0 amide bonds. The van der Waals surface area contributed by atoms with Crippen molar-refractivity contribution >= 4 is 62.0 Å². The molecule has 0 spiro atoms. The molecule has 0 aliphatic carbocycles. The molecule has 0 N–H and O–H groups in total. The average Bonchev–Trinajstić information content (AvgIpc) is 0. The molecule has 0 atom stereocenters. The molecule has 0 saturated carbocycles. The fourth-order valence-electron chi connectivity index (χ4n) is 0. The molecule has 0 unspecified atom stereocenters. The third-order valence-electron chi connectivity index (χ3n) is 0. The topological polar surface area (TPSA) is 0 Å². The standard InChI is InChI=1S/5ClH.Zr/h5*1H;. The van der Waals surface area contributed by atoms with E-state index in [9.17, 15) is 0 Å². The third kappa shape index (κ3) is 33.1. The molecule has 0 aliphatic rings. The summed E-state index contributed by atoms with van der Waals surface area (Å²) in [5, 5.41) is 0. The Morgan fingerprint density at radius 1 is 0.333 bits per heavy atom. The summed E-state index contributed by atoms with van der Waals surface area (Å²) in [4.78, 5) is 0. The van der Waals surface area contributed by atoms with Gasteiger partial charge in [-0.25, -0.2) is 0 Å². The van der Waals surface area contributed by atoms with E-state index in [4.69, 9.17) is 0 Å². The summed E-state index contributed by atoms with van der Waals surface area (Å²) >= 11 is 0. The van der Waals surface area contributed by atoms with E-state index in [0.29, 0.717) is 0 Å². The second-order valence-electron chi connectivity index (χ2n) is 0. The van der Waals surface area contributed by atoms with E-state index < -0.39 is 0 Å². The Morgan fingerprint density at radius 3 is 0.333 bits per heavy atom. The minimum atomic E-state index is 0. The van der Waals surface area contributed by atoms with Gasteiger partial charge in [0.15, 0.2) is 0 Å². The van der Waals surface area contributed by atoms with Gasteiger partial charge in [-0.3, -0.25) is 0 Å². The van der Waals surface area contributed by atoms with Gasteiger partial charge in [-0.15, -0.1) is 62.0 Å². The molecule has 0 rings (SSSR count). The van der Waals surface area contributed by atoms with Crippen LogP contribution in [0.5, 0.6) is 0 Å². The van der Waals surface area contributed by atoms with Crippen molar-refractivity contribution in [1.29, 1.82) is 0 Å². The van der Waals surface area contributed by atoms with E-state index in [1.807, 2.05) is 0 Å². The van der Waals surface area contributed by atoms with Gasteiger partial charge in [-0.1, -0.05) is 0 Å². The first-order valence-electron chi connectivity index (χ1n) is 0. The molecule has 0 aromatic heterocycles. The zero-order valence-corrected chi connectivity index (χ0v) is 9.08. The SMILES string of the molecule is Cl.Cl.Cl.Cl.Cl.[Zr].